The molecule has 1 rings (SSSR count). The Labute approximate surface area is 103 Å². The molecule has 0 bridgehead atoms. The van der Waals surface area contributed by atoms with Crippen molar-refractivity contribution in [3.8, 4) is 5.75 Å². The van der Waals surface area contributed by atoms with Crippen molar-refractivity contribution >= 4 is 5.97 Å². The molecule has 17 heavy (non-hydrogen) atoms. The molecule has 0 unspecified atom stereocenters. The molecule has 0 aliphatic carbocycles. The SMILES string of the molecule is CCOC(=O)c1ccc(OC(C)C)cc1CC. The molecule has 0 heterocycles. The molecule has 0 amide bonds. The number of hydrogen-bond acceptors (Lipinski definition) is 3. The quantitative estimate of drug-likeness (QED) is 0.736. The zero-order valence-corrected chi connectivity index (χ0v) is 10.9. The average Bonchev–Trinajstić information content (AvgIpc) is 2.28. The van der Waals surface area contributed by atoms with Crippen LogP contribution in [-0.4, -0.2) is 18.7 Å². The summed E-state index contributed by atoms with van der Waals surface area (Å²) in [4.78, 5) is 11.7. The van der Waals surface area contributed by atoms with E-state index in [9.17, 15) is 4.79 Å². The van der Waals surface area contributed by atoms with Crippen molar-refractivity contribution in [2.24, 2.45) is 0 Å². The van der Waals surface area contributed by atoms with Crippen LogP contribution in [0.25, 0.3) is 0 Å². The molecule has 0 radical (unpaired) electrons. The maximum atomic E-state index is 11.7. The minimum absolute atomic E-state index is 0.133. The molecule has 1 aromatic carbocycles. The van der Waals surface area contributed by atoms with E-state index >= 15 is 0 Å². The average molecular weight is 236 g/mol. The molecule has 3 heteroatoms. The molecule has 0 aromatic heterocycles. The van der Waals surface area contributed by atoms with E-state index in [1.165, 1.54) is 0 Å². The maximum absolute atomic E-state index is 11.7. The number of esters is 1. The van der Waals surface area contributed by atoms with Crippen LogP contribution in [0.4, 0.5) is 0 Å². The van der Waals surface area contributed by atoms with Crippen LogP contribution in [-0.2, 0) is 11.2 Å². The van der Waals surface area contributed by atoms with Crippen LogP contribution in [0.15, 0.2) is 18.2 Å². The number of aryl methyl sites for hydroxylation is 1. The van der Waals surface area contributed by atoms with Crippen molar-refractivity contribution in [3.63, 3.8) is 0 Å². The van der Waals surface area contributed by atoms with E-state index in [1.807, 2.05) is 32.9 Å². The van der Waals surface area contributed by atoms with Crippen molar-refractivity contribution in [2.75, 3.05) is 6.61 Å². The smallest absolute Gasteiger partial charge is 0.338 e. The monoisotopic (exact) mass is 236 g/mol. The molecule has 1 aromatic rings. The van der Waals surface area contributed by atoms with E-state index in [1.54, 1.807) is 13.0 Å². The van der Waals surface area contributed by atoms with E-state index in [0.717, 1.165) is 17.7 Å². The van der Waals surface area contributed by atoms with E-state index in [2.05, 4.69) is 0 Å². The maximum Gasteiger partial charge on any atom is 0.338 e. The van der Waals surface area contributed by atoms with Gasteiger partial charge in [-0.2, -0.15) is 0 Å². The summed E-state index contributed by atoms with van der Waals surface area (Å²) in [6.45, 7) is 8.17. The molecule has 0 aliphatic rings. The summed E-state index contributed by atoms with van der Waals surface area (Å²) in [5.74, 6) is 0.533. The minimum atomic E-state index is -0.263. The number of carbonyl (C=O) groups is 1. The normalized spacial score (nSPS) is 10.4. The van der Waals surface area contributed by atoms with Crippen LogP contribution in [0.3, 0.4) is 0 Å². The van der Waals surface area contributed by atoms with Crippen LogP contribution in [0.2, 0.25) is 0 Å². The zero-order valence-electron chi connectivity index (χ0n) is 10.9. The van der Waals surface area contributed by atoms with Crippen LogP contribution in [0, 0.1) is 0 Å². The predicted molar refractivity (Wildman–Crippen MR) is 67.5 cm³/mol. The highest BCUT2D eigenvalue weighted by Gasteiger charge is 2.12. The van der Waals surface area contributed by atoms with Crippen LogP contribution in [0.1, 0.15) is 43.6 Å². The second-order valence-corrected chi connectivity index (χ2v) is 4.06. The Kier molecular flexibility index (Phi) is 5.01. The number of benzene rings is 1. The van der Waals surface area contributed by atoms with Gasteiger partial charge in [0.1, 0.15) is 5.75 Å². The van der Waals surface area contributed by atoms with Crippen molar-refractivity contribution in [1.29, 1.82) is 0 Å². The Morgan fingerprint density at radius 3 is 2.53 bits per heavy atom. The molecule has 0 atom stereocenters. The molecule has 0 fully saturated rings. The Balaban J connectivity index is 2.96. The Morgan fingerprint density at radius 2 is 2.00 bits per heavy atom. The summed E-state index contributed by atoms with van der Waals surface area (Å²) in [5, 5.41) is 0. The number of hydrogen-bond donors (Lipinski definition) is 0. The lowest BCUT2D eigenvalue weighted by atomic mass is 10.0. The largest absolute Gasteiger partial charge is 0.491 e. The van der Waals surface area contributed by atoms with Crippen molar-refractivity contribution in [1.82, 2.24) is 0 Å². The van der Waals surface area contributed by atoms with Gasteiger partial charge in [0.05, 0.1) is 18.3 Å². The van der Waals surface area contributed by atoms with Gasteiger partial charge in [-0.15, -0.1) is 0 Å². The van der Waals surface area contributed by atoms with Gasteiger partial charge in [-0.25, -0.2) is 4.79 Å². The topological polar surface area (TPSA) is 35.5 Å². The summed E-state index contributed by atoms with van der Waals surface area (Å²) >= 11 is 0. The van der Waals surface area contributed by atoms with Gasteiger partial charge in [-0.05, 0) is 51.0 Å². The molecule has 3 nitrogen and oxygen atoms in total. The van der Waals surface area contributed by atoms with E-state index in [4.69, 9.17) is 9.47 Å². The first-order chi connectivity index (χ1) is 8.08. The van der Waals surface area contributed by atoms with Gasteiger partial charge in [0.15, 0.2) is 0 Å². The number of ether oxygens (including phenoxy) is 2. The minimum Gasteiger partial charge on any atom is -0.491 e. The third kappa shape index (κ3) is 3.77. The molecular weight excluding hydrogens is 216 g/mol. The molecular formula is C14H20O3. The van der Waals surface area contributed by atoms with Crippen molar-refractivity contribution in [3.05, 3.63) is 29.3 Å². The Bertz CT molecular complexity index is 383. The molecule has 0 saturated carbocycles. The molecule has 0 N–H and O–H groups in total. The lowest BCUT2D eigenvalue weighted by molar-refractivity contribution is 0.0525. The van der Waals surface area contributed by atoms with Crippen molar-refractivity contribution < 1.29 is 14.3 Å². The predicted octanol–water partition coefficient (Wildman–Crippen LogP) is 3.21. The highest BCUT2D eigenvalue weighted by molar-refractivity contribution is 5.91. The molecule has 0 spiro atoms. The van der Waals surface area contributed by atoms with E-state index in [-0.39, 0.29) is 12.1 Å². The van der Waals surface area contributed by atoms with Gasteiger partial charge in [0.2, 0.25) is 0 Å². The summed E-state index contributed by atoms with van der Waals surface area (Å²) in [7, 11) is 0. The molecule has 0 saturated heterocycles. The van der Waals surface area contributed by atoms with Gasteiger partial charge >= 0.3 is 5.97 Å². The van der Waals surface area contributed by atoms with E-state index in [0.29, 0.717) is 12.2 Å². The fourth-order valence-corrected chi connectivity index (χ4v) is 1.62. The third-order valence-electron chi connectivity index (χ3n) is 2.32. The fourth-order valence-electron chi connectivity index (χ4n) is 1.62. The van der Waals surface area contributed by atoms with Crippen LogP contribution in [0.5, 0.6) is 5.75 Å². The van der Waals surface area contributed by atoms with Gasteiger partial charge < -0.3 is 9.47 Å². The standard InChI is InChI=1S/C14H20O3/c1-5-11-9-12(17-10(3)4)7-8-13(11)14(15)16-6-2/h7-10H,5-6H2,1-4H3. The first-order valence-electron chi connectivity index (χ1n) is 6.05. The van der Waals surface area contributed by atoms with Gasteiger partial charge in [-0.3, -0.25) is 0 Å². The summed E-state index contributed by atoms with van der Waals surface area (Å²) in [5.41, 5.74) is 1.59. The van der Waals surface area contributed by atoms with Gasteiger partial charge in [0.25, 0.3) is 0 Å². The highest BCUT2D eigenvalue weighted by atomic mass is 16.5. The summed E-state index contributed by atoms with van der Waals surface area (Å²) in [6.07, 6.45) is 0.914. The lowest BCUT2D eigenvalue weighted by Gasteiger charge is -2.13. The Morgan fingerprint density at radius 1 is 1.29 bits per heavy atom. The third-order valence-corrected chi connectivity index (χ3v) is 2.32. The van der Waals surface area contributed by atoms with E-state index < -0.39 is 0 Å². The first-order valence-corrected chi connectivity index (χ1v) is 6.05. The second kappa shape index (κ2) is 6.28. The van der Waals surface area contributed by atoms with Crippen LogP contribution >= 0.6 is 0 Å². The number of carbonyl (C=O) groups excluding carboxylic acids is 1. The Hall–Kier alpha value is -1.51. The molecule has 94 valence electrons. The van der Waals surface area contributed by atoms with Crippen LogP contribution < -0.4 is 4.74 Å². The fraction of sp³-hybridized carbons (Fsp3) is 0.500. The number of rotatable bonds is 5. The van der Waals surface area contributed by atoms with Gasteiger partial charge in [-0.1, -0.05) is 6.92 Å². The summed E-state index contributed by atoms with van der Waals surface area (Å²) in [6, 6.07) is 5.49. The lowest BCUT2D eigenvalue weighted by Crippen LogP contribution is -2.10. The zero-order chi connectivity index (χ0) is 12.8. The molecule has 0 aliphatic heterocycles. The highest BCUT2D eigenvalue weighted by Crippen LogP contribution is 2.20. The van der Waals surface area contributed by atoms with Gasteiger partial charge in [0, 0.05) is 0 Å². The second-order valence-electron chi connectivity index (χ2n) is 4.06. The van der Waals surface area contributed by atoms with Crippen molar-refractivity contribution in [2.45, 2.75) is 40.2 Å². The summed E-state index contributed by atoms with van der Waals surface area (Å²) < 4.78 is 10.6. The first kappa shape index (κ1) is 13.6.